The molecule has 16 heavy (non-hydrogen) atoms. The van der Waals surface area contributed by atoms with Crippen LogP contribution in [-0.2, 0) is 10.3 Å². The fourth-order valence-electron chi connectivity index (χ4n) is 1.18. The number of carbonyl (C=O) groups excluding carboxylic acids is 1. The third kappa shape index (κ3) is 2.40. The standard InChI is InChI=1S/C10H15N3O2S/c1-10(2,11-6-14)7-8(15-5)12-9(16-7)13(3)4/h1-5H3. The van der Waals surface area contributed by atoms with Crippen LogP contribution in [0.25, 0.3) is 0 Å². The monoisotopic (exact) mass is 241 g/mol. The van der Waals surface area contributed by atoms with Crippen LogP contribution in [-0.4, -0.2) is 32.3 Å². The van der Waals surface area contributed by atoms with Crippen molar-refractivity contribution >= 4 is 22.5 Å². The molecule has 1 aromatic heterocycles. The highest BCUT2D eigenvalue weighted by atomic mass is 32.1. The van der Waals surface area contributed by atoms with Crippen LogP contribution in [0, 0.1) is 0 Å². The summed E-state index contributed by atoms with van der Waals surface area (Å²) in [5, 5.41) is 0.820. The van der Waals surface area contributed by atoms with E-state index < -0.39 is 5.54 Å². The Kier molecular flexibility index (Phi) is 3.67. The molecule has 0 aromatic carbocycles. The number of isocyanates is 1. The van der Waals surface area contributed by atoms with Crippen LogP contribution in [0.15, 0.2) is 4.99 Å². The first-order valence-corrected chi connectivity index (χ1v) is 5.55. The zero-order chi connectivity index (χ0) is 12.3. The van der Waals surface area contributed by atoms with Gasteiger partial charge in [0.25, 0.3) is 0 Å². The lowest BCUT2D eigenvalue weighted by molar-refractivity contribution is 0.384. The second-order valence-electron chi connectivity index (χ2n) is 3.99. The first-order chi connectivity index (χ1) is 7.42. The van der Waals surface area contributed by atoms with E-state index in [0.29, 0.717) is 5.88 Å². The molecule has 0 spiro atoms. The highest BCUT2D eigenvalue weighted by Crippen LogP contribution is 2.39. The largest absolute Gasteiger partial charge is 0.480 e. The molecular weight excluding hydrogens is 226 g/mol. The normalized spacial score (nSPS) is 10.8. The van der Waals surface area contributed by atoms with Gasteiger partial charge >= 0.3 is 0 Å². The number of hydrogen-bond donors (Lipinski definition) is 0. The molecule has 0 aliphatic rings. The summed E-state index contributed by atoms with van der Waals surface area (Å²) >= 11 is 1.46. The predicted octanol–water partition coefficient (Wildman–Crippen LogP) is 1.79. The minimum Gasteiger partial charge on any atom is -0.480 e. The SMILES string of the molecule is COc1nc(N(C)C)sc1C(C)(C)N=C=O. The number of methoxy groups -OCH3 is 1. The van der Waals surface area contributed by atoms with Gasteiger partial charge in [-0.15, -0.1) is 0 Å². The molecule has 0 N–H and O–H groups in total. The Morgan fingerprint density at radius 3 is 2.56 bits per heavy atom. The van der Waals surface area contributed by atoms with E-state index in [1.807, 2.05) is 32.8 Å². The van der Waals surface area contributed by atoms with Gasteiger partial charge in [-0.1, -0.05) is 11.3 Å². The van der Waals surface area contributed by atoms with Crippen molar-refractivity contribution in [2.75, 3.05) is 26.1 Å². The van der Waals surface area contributed by atoms with Gasteiger partial charge in [-0.25, -0.2) is 4.79 Å². The van der Waals surface area contributed by atoms with Crippen LogP contribution in [0.1, 0.15) is 18.7 Å². The summed E-state index contributed by atoms with van der Waals surface area (Å²) in [6.45, 7) is 3.65. The Morgan fingerprint density at radius 2 is 2.12 bits per heavy atom. The Balaban J connectivity index is 3.26. The summed E-state index contributed by atoms with van der Waals surface area (Å²) in [6.07, 6.45) is 1.58. The predicted molar refractivity (Wildman–Crippen MR) is 64.1 cm³/mol. The van der Waals surface area contributed by atoms with Gasteiger partial charge in [0.2, 0.25) is 12.0 Å². The lowest BCUT2D eigenvalue weighted by atomic mass is 10.1. The van der Waals surface area contributed by atoms with Crippen LogP contribution in [0.3, 0.4) is 0 Å². The average Bonchev–Trinajstić information content (AvgIpc) is 2.61. The third-order valence-corrected chi connectivity index (χ3v) is 3.56. The van der Waals surface area contributed by atoms with Crippen molar-refractivity contribution in [3.05, 3.63) is 4.88 Å². The van der Waals surface area contributed by atoms with E-state index in [4.69, 9.17) is 4.74 Å². The maximum Gasteiger partial charge on any atom is 0.235 e. The lowest BCUT2D eigenvalue weighted by Gasteiger charge is -2.15. The molecule has 0 radical (unpaired) electrons. The first kappa shape index (κ1) is 12.7. The summed E-state index contributed by atoms with van der Waals surface area (Å²) < 4.78 is 5.19. The molecule has 1 rings (SSSR count). The van der Waals surface area contributed by atoms with Gasteiger partial charge < -0.3 is 9.64 Å². The molecule has 0 aliphatic heterocycles. The molecule has 0 fully saturated rings. The van der Waals surface area contributed by atoms with Gasteiger partial charge in [-0.05, 0) is 13.8 Å². The van der Waals surface area contributed by atoms with Gasteiger partial charge in [-0.2, -0.15) is 9.98 Å². The zero-order valence-electron chi connectivity index (χ0n) is 10.1. The maximum absolute atomic E-state index is 10.4. The topological polar surface area (TPSA) is 54.8 Å². The Hall–Kier alpha value is -1.39. The molecule has 1 heterocycles. The van der Waals surface area contributed by atoms with Crippen LogP contribution in [0.5, 0.6) is 5.88 Å². The molecule has 5 nitrogen and oxygen atoms in total. The second-order valence-corrected chi connectivity index (χ2v) is 4.97. The number of anilines is 1. The summed E-state index contributed by atoms with van der Waals surface area (Å²) in [7, 11) is 5.36. The molecule has 88 valence electrons. The number of ether oxygens (including phenoxy) is 1. The number of nitrogens with zero attached hydrogens (tertiary/aromatic N) is 3. The van der Waals surface area contributed by atoms with Crippen LogP contribution in [0.2, 0.25) is 0 Å². The molecule has 0 saturated heterocycles. The van der Waals surface area contributed by atoms with Crippen LogP contribution < -0.4 is 9.64 Å². The molecule has 0 unspecified atom stereocenters. The number of hydrogen-bond acceptors (Lipinski definition) is 6. The highest BCUT2D eigenvalue weighted by molar-refractivity contribution is 7.16. The fourth-order valence-corrected chi connectivity index (χ4v) is 2.18. The van der Waals surface area contributed by atoms with Crippen molar-refractivity contribution in [3.63, 3.8) is 0 Å². The molecule has 0 atom stereocenters. The van der Waals surface area contributed by atoms with Crippen molar-refractivity contribution in [1.82, 2.24) is 4.98 Å². The number of aromatic nitrogens is 1. The van der Waals surface area contributed by atoms with Crippen molar-refractivity contribution < 1.29 is 9.53 Å². The zero-order valence-corrected chi connectivity index (χ0v) is 10.9. The second kappa shape index (κ2) is 4.63. The summed E-state index contributed by atoms with van der Waals surface area (Å²) in [4.78, 5) is 21.2. The minimum absolute atomic E-state index is 0.512. The van der Waals surface area contributed by atoms with Crippen molar-refractivity contribution in [1.29, 1.82) is 0 Å². The molecule has 0 bridgehead atoms. The van der Waals surface area contributed by atoms with Gasteiger partial charge in [0.15, 0.2) is 5.13 Å². The Morgan fingerprint density at radius 1 is 1.50 bits per heavy atom. The van der Waals surface area contributed by atoms with E-state index >= 15 is 0 Å². The first-order valence-electron chi connectivity index (χ1n) is 4.74. The van der Waals surface area contributed by atoms with Crippen molar-refractivity contribution in [2.45, 2.75) is 19.4 Å². The fraction of sp³-hybridized carbons (Fsp3) is 0.600. The number of rotatable bonds is 4. The van der Waals surface area contributed by atoms with Gasteiger partial charge in [0.1, 0.15) is 5.54 Å². The number of aliphatic imine (C=N–C) groups is 1. The van der Waals surface area contributed by atoms with Crippen molar-refractivity contribution in [2.24, 2.45) is 4.99 Å². The van der Waals surface area contributed by atoms with Gasteiger partial charge in [0, 0.05) is 14.1 Å². The number of thiazole rings is 1. The molecule has 0 amide bonds. The quantitative estimate of drug-likeness (QED) is 0.595. The molecule has 0 aliphatic carbocycles. The van der Waals surface area contributed by atoms with E-state index in [9.17, 15) is 4.79 Å². The van der Waals surface area contributed by atoms with E-state index in [1.54, 1.807) is 13.2 Å². The molecule has 6 heteroatoms. The lowest BCUT2D eigenvalue weighted by Crippen LogP contribution is -2.12. The summed E-state index contributed by atoms with van der Waals surface area (Å²) in [6, 6.07) is 0. The minimum atomic E-state index is -0.654. The highest BCUT2D eigenvalue weighted by Gasteiger charge is 2.28. The Labute approximate surface area is 98.8 Å². The molecule has 1 aromatic rings. The Bertz CT molecular complexity index is 420. The van der Waals surface area contributed by atoms with Crippen molar-refractivity contribution in [3.8, 4) is 5.88 Å². The maximum atomic E-state index is 10.4. The molecular formula is C10H15N3O2S. The van der Waals surface area contributed by atoms with Gasteiger partial charge in [0.05, 0.1) is 12.0 Å². The van der Waals surface area contributed by atoms with E-state index in [-0.39, 0.29) is 0 Å². The third-order valence-electron chi connectivity index (χ3n) is 2.04. The van der Waals surface area contributed by atoms with Gasteiger partial charge in [-0.3, -0.25) is 0 Å². The van der Waals surface area contributed by atoms with E-state index in [1.165, 1.54) is 11.3 Å². The van der Waals surface area contributed by atoms with Crippen LogP contribution in [0.4, 0.5) is 5.13 Å². The van der Waals surface area contributed by atoms with E-state index in [2.05, 4.69) is 9.98 Å². The van der Waals surface area contributed by atoms with Crippen LogP contribution >= 0.6 is 11.3 Å². The van der Waals surface area contributed by atoms with E-state index in [0.717, 1.165) is 10.0 Å². The summed E-state index contributed by atoms with van der Waals surface area (Å²) in [5.74, 6) is 0.512. The average molecular weight is 241 g/mol. The summed E-state index contributed by atoms with van der Waals surface area (Å²) in [5.41, 5.74) is -0.654. The molecule has 0 saturated carbocycles. The smallest absolute Gasteiger partial charge is 0.235 e.